The number of hydrogen-bond donors (Lipinski definition) is 1. The summed E-state index contributed by atoms with van der Waals surface area (Å²) in [7, 11) is 3.97. The van der Waals surface area contributed by atoms with Gasteiger partial charge in [-0.3, -0.25) is 4.79 Å². The highest BCUT2D eigenvalue weighted by Crippen LogP contribution is 2.31. The first-order valence-electron chi connectivity index (χ1n) is 8.17. The van der Waals surface area contributed by atoms with Crippen LogP contribution in [0.3, 0.4) is 0 Å². The number of fused-ring (bicyclic) bond motifs is 1. The second-order valence-corrected chi connectivity index (χ2v) is 6.35. The van der Waals surface area contributed by atoms with Crippen LogP contribution in [0.15, 0.2) is 53.3 Å². The van der Waals surface area contributed by atoms with Crippen molar-refractivity contribution in [1.29, 1.82) is 5.26 Å². The molecule has 1 aromatic heterocycles. The van der Waals surface area contributed by atoms with Crippen molar-refractivity contribution in [1.82, 2.24) is 9.97 Å². The van der Waals surface area contributed by atoms with E-state index in [1.165, 1.54) is 0 Å². The number of anilines is 1. The molecule has 2 unspecified atom stereocenters. The van der Waals surface area contributed by atoms with Crippen molar-refractivity contribution in [2.24, 2.45) is 0 Å². The van der Waals surface area contributed by atoms with E-state index in [4.69, 9.17) is 0 Å². The predicted octanol–water partition coefficient (Wildman–Crippen LogP) is 3.40. The number of nitrogens with zero attached hydrogens (tertiary/aromatic N) is 3. The minimum absolute atomic E-state index is 0.0921. The van der Waals surface area contributed by atoms with Crippen molar-refractivity contribution in [2.45, 2.75) is 18.8 Å². The molecule has 2 aromatic carbocycles. The minimum atomic E-state index is -0.525. The number of nitrogens with one attached hydrogen (secondary N) is 1. The van der Waals surface area contributed by atoms with Crippen LogP contribution in [0.2, 0.25) is 0 Å². The van der Waals surface area contributed by atoms with Crippen molar-refractivity contribution in [2.75, 3.05) is 19.0 Å². The SMILES string of the molecule is CC(c1ccc(N(C)C)cc1)C(C#N)c1nc2ccccc2c(=O)[nH]1. The molecule has 0 fully saturated rings. The highest BCUT2D eigenvalue weighted by molar-refractivity contribution is 5.77. The third kappa shape index (κ3) is 3.24. The van der Waals surface area contributed by atoms with Gasteiger partial charge in [0.05, 0.1) is 17.0 Å². The Balaban J connectivity index is 1.99. The Morgan fingerprint density at radius 1 is 1.12 bits per heavy atom. The minimum Gasteiger partial charge on any atom is -0.378 e. The van der Waals surface area contributed by atoms with E-state index in [0.717, 1.165) is 11.3 Å². The first-order valence-corrected chi connectivity index (χ1v) is 8.17. The molecule has 5 heteroatoms. The van der Waals surface area contributed by atoms with Crippen molar-refractivity contribution < 1.29 is 0 Å². The van der Waals surface area contributed by atoms with E-state index in [1.807, 2.05) is 56.3 Å². The molecule has 25 heavy (non-hydrogen) atoms. The molecule has 0 aliphatic rings. The molecule has 0 saturated heterocycles. The van der Waals surface area contributed by atoms with E-state index in [0.29, 0.717) is 16.7 Å². The lowest BCUT2D eigenvalue weighted by molar-refractivity contribution is 0.649. The quantitative estimate of drug-likeness (QED) is 0.795. The van der Waals surface area contributed by atoms with Gasteiger partial charge >= 0.3 is 0 Å². The van der Waals surface area contributed by atoms with Gasteiger partial charge in [-0.2, -0.15) is 5.26 Å². The van der Waals surface area contributed by atoms with E-state index in [1.54, 1.807) is 18.2 Å². The molecule has 0 saturated carbocycles. The first kappa shape index (κ1) is 16.7. The van der Waals surface area contributed by atoms with Gasteiger partial charge in [-0.05, 0) is 29.8 Å². The van der Waals surface area contributed by atoms with Crippen molar-refractivity contribution in [3.05, 3.63) is 70.3 Å². The van der Waals surface area contributed by atoms with E-state index < -0.39 is 5.92 Å². The lowest BCUT2D eigenvalue weighted by Gasteiger charge is -2.19. The maximum absolute atomic E-state index is 12.3. The first-order chi connectivity index (χ1) is 12.0. The number of nitriles is 1. The number of aromatic nitrogens is 2. The molecular formula is C20H20N4O. The Bertz CT molecular complexity index is 983. The number of benzene rings is 2. The summed E-state index contributed by atoms with van der Waals surface area (Å²) >= 11 is 0. The summed E-state index contributed by atoms with van der Waals surface area (Å²) in [6.07, 6.45) is 0. The van der Waals surface area contributed by atoms with Crippen LogP contribution in [0.1, 0.15) is 30.1 Å². The molecule has 0 radical (unpaired) electrons. The van der Waals surface area contributed by atoms with Gasteiger partial charge < -0.3 is 9.88 Å². The number of para-hydroxylation sites is 1. The Hall–Kier alpha value is -3.13. The topological polar surface area (TPSA) is 72.8 Å². The zero-order chi connectivity index (χ0) is 18.0. The maximum atomic E-state index is 12.3. The standard InChI is InChI=1S/C20H20N4O/c1-13(14-8-10-15(11-9-14)24(2)3)17(12-21)19-22-18-7-5-4-6-16(18)20(25)23-19/h4-11,13,17H,1-3H3,(H,22,23,25). The Morgan fingerprint density at radius 2 is 1.80 bits per heavy atom. The van der Waals surface area contributed by atoms with E-state index in [-0.39, 0.29) is 11.5 Å². The van der Waals surface area contributed by atoms with Gasteiger partial charge in [0.25, 0.3) is 5.56 Å². The fourth-order valence-electron chi connectivity index (χ4n) is 2.93. The van der Waals surface area contributed by atoms with Gasteiger partial charge in [-0.1, -0.05) is 31.2 Å². The molecule has 3 rings (SSSR count). The monoisotopic (exact) mass is 332 g/mol. The largest absolute Gasteiger partial charge is 0.378 e. The maximum Gasteiger partial charge on any atom is 0.258 e. The smallest absolute Gasteiger partial charge is 0.258 e. The molecule has 5 nitrogen and oxygen atoms in total. The number of hydrogen-bond acceptors (Lipinski definition) is 4. The second-order valence-electron chi connectivity index (χ2n) is 6.35. The Kier molecular flexibility index (Phi) is 4.53. The van der Waals surface area contributed by atoms with Gasteiger partial charge in [-0.25, -0.2) is 4.98 Å². The molecule has 3 aromatic rings. The summed E-state index contributed by atoms with van der Waals surface area (Å²) in [4.78, 5) is 21.6. The number of H-pyrrole nitrogens is 1. The second kappa shape index (κ2) is 6.78. The number of aromatic amines is 1. The molecule has 0 amide bonds. The summed E-state index contributed by atoms with van der Waals surface area (Å²) in [6, 6.07) is 17.5. The zero-order valence-corrected chi connectivity index (χ0v) is 14.5. The summed E-state index contributed by atoms with van der Waals surface area (Å²) in [6.45, 7) is 1.98. The Labute approximate surface area is 146 Å². The number of rotatable bonds is 4. The predicted molar refractivity (Wildman–Crippen MR) is 99.9 cm³/mol. The molecule has 0 aliphatic heterocycles. The van der Waals surface area contributed by atoms with Crippen LogP contribution in [0.5, 0.6) is 0 Å². The van der Waals surface area contributed by atoms with Crippen LogP contribution >= 0.6 is 0 Å². The van der Waals surface area contributed by atoms with Crippen LogP contribution < -0.4 is 10.5 Å². The van der Waals surface area contributed by atoms with Gasteiger partial charge in [0.1, 0.15) is 11.7 Å². The molecule has 0 bridgehead atoms. The van der Waals surface area contributed by atoms with Crippen LogP contribution in [0, 0.1) is 11.3 Å². The fraction of sp³-hybridized carbons (Fsp3) is 0.250. The Morgan fingerprint density at radius 3 is 2.44 bits per heavy atom. The molecule has 1 heterocycles. The molecule has 126 valence electrons. The van der Waals surface area contributed by atoms with E-state index >= 15 is 0 Å². The molecular weight excluding hydrogens is 312 g/mol. The lowest BCUT2D eigenvalue weighted by atomic mass is 9.87. The highest BCUT2D eigenvalue weighted by atomic mass is 16.1. The van der Waals surface area contributed by atoms with Crippen molar-refractivity contribution in [3.8, 4) is 6.07 Å². The molecule has 0 spiro atoms. The van der Waals surface area contributed by atoms with Gasteiger partial charge in [-0.15, -0.1) is 0 Å². The normalized spacial score (nSPS) is 13.2. The molecule has 2 atom stereocenters. The van der Waals surface area contributed by atoms with Crippen LogP contribution in [0.25, 0.3) is 10.9 Å². The summed E-state index contributed by atoms with van der Waals surface area (Å²) in [5, 5.41) is 10.2. The third-order valence-corrected chi connectivity index (χ3v) is 4.50. The lowest BCUT2D eigenvalue weighted by Crippen LogP contribution is -2.17. The molecule has 1 N–H and O–H groups in total. The van der Waals surface area contributed by atoms with E-state index in [2.05, 4.69) is 16.0 Å². The van der Waals surface area contributed by atoms with Gasteiger partial charge in [0.15, 0.2) is 0 Å². The summed E-state index contributed by atoms with van der Waals surface area (Å²) in [5.41, 5.74) is 2.53. The van der Waals surface area contributed by atoms with Crippen molar-refractivity contribution >= 4 is 16.6 Å². The van der Waals surface area contributed by atoms with Gasteiger partial charge in [0.2, 0.25) is 0 Å². The average Bonchev–Trinajstić information content (AvgIpc) is 2.62. The van der Waals surface area contributed by atoms with Crippen molar-refractivity contribution in [3.63, 3.8) is 0 Å². The average molecular weight is 332 g/mol. The van der Waals surface area contributed by atoms with Crippen LogP contribution in [-0.2, 0) is 0 Å². The van der Waals surface area contributed by atoms with Crippen LogP contribution in [0.4, 0.5) is 5.69 Å². The highest BCUT2D eigenvalue weighted by Gasteiger charge is 2.23. The van der Waals surface area contributed by atoms with E-state index in [9.17, 15) is 10.1 Å². The third-order valence-electron chi connectivity index (χ3n) is 4.50. The summed E-state index contributed by atoms with van der Waals surface area (Å²) < 4.78 is 0. The molecule has 0 aliphatic carbocycles. The van der Waals surface area contributed by atoms with Crippen LogP contribution in [-0.4, -0.2) is 24.1 Å². The van der Waals surface area contributed by atoms with Gasteiger partial charge in [0, 0.05) is 25.7 Å². The zero-order valence-electron chi connectivity index (χ0n) is 14.5. The fourth-order valence-corrected chi connectivity index (χ4v) is 2.93. The summed E-state index contributed by atoms with van der Waals surface area (Å²) in [5.74, 6) is -0.205.